The fourth-order valence-electron chi connectivity index (χ4n) is 2.04. The molecular weight excluding hydrogens is 260 g/mol. The minimum atomic E-state index is 0.330. The fourth-order valence-corrected chi connectivity index (χ4v) is 2.37. The first kappa shape index (κ1) is 17.2. The number of hydrogen-bond donors (Lipinski definition) is 1. The van der Waals surface area contributed by atoms with Crippen LogP contribution in [-0.4, -0.2) is 69.1 Å². The largest absolute Gasteiger partial charge is 0.380 e. The fraction of sp³-hybridized carbons (Fsp3) is 1.00. The van der Waals surface area contributed by atoms with Crippen LogP contribution in [0.3, 0.4) is 0 Å². The molecule has 0 bridgehead atoms. The molecule has 0 saturated carbocycles. The zero-order valence-corrected chi connectivity index (χ0v) is 13.5. The molecule has 0 amide bonds. The number of morpholine rings is 1. The molecule has 1 aliphatic heterocycles. The van der Waals surface area contributed by atoms with Crippen molar-refractivity contribution in [1.29, 1.82) is 0 Å². The SMILES string of the molecule is CSCNCC1CN(CCOCCC(C)C)CCO1. The van der Waals surface area contributed by atoms with Crippen LogP contribution in [0.2, 0.25) is 0 Å². The van der Waals surface area contributed by atoms with Gasteiger partial charge in [0.2, 0.25) is 0 Å². The summed E-state index contributed by atoms with van der Waals surface area (Å²) in [6.45, 7) is 11.1. The first-order valence-corrected chi connectivity index (χ1v) is 8.73. The van der Waals surface area contributed by atoms with Crippen LogP contribution < -0.4 is 5.32 Å². The van der Waals surface area contributed by atoms with E-state index in [1.54, 1.807) is 0 Å². The minimum absolute atomic E-state index is 0.330. The van der Waals surface area contributed by atoms with E-state index in [2.05, 4.69) is 30.3 Å². The lowest BCUT2D eigenvalue weighted by Crippen LogP contribution is -2.47. The third-order valence-corrected chi connectivity index (χ3v) is 3.73. The molecule has 0 aliphatic carbocycles. The van der Waals surface area contributed by atoms with Crippen LogP contribution in [0.25, 0.3) is 0 Å². The second-order valence-electron chi connectivity index (χ2n) is 5.48. The number of hydrogen-bond acceptors (Lipinski definition) is 5. The van der Waals surface area contributed by atoms with Gasteiger partial charge in [0, 0.05) is 38.7 Å². The molecule has 0 aromatic rings. The maximum absolute atomic E-state index is 5.76. The highest BCUT2D eigenvalue weighted by atomic mass is 32.2. The molecule has 0 radical (unpaired) electrons. The molecule has 1 N–H and O–H groups in total. The molecule has 0 aromatic heterocycles. The van der Waals surface area contributed by atoms with Gasteiger partial charge in [-0.15, -0.1) is 11.8 Å². The van der Waals surface area contributed by atoms with Crippen molar-refractivity contribution in [1.82, 2.24) is 10.2 Å². The first-order valence-electron chi connectivity index (χ1n) is 7.33. The summed E-state index contributed by atoms with van der Waals surface area (Å²) < 4.78 is 11.4. The van der Waals surface area contributed by atoms with Gasteiger partial charge in [0.05, 0.1) is 19.3 Å². The molecule has 1 fully saturated rings. The molecule has 0 aromatic carbocycles. The van der Waals surface area contributed by atoms with E-state index < -0.39 is 0 Å². The van der Waals surface area contributed by atoms with E-state index in [0.717, 1.165) is 64.2 Å². The molecule has 19 heavy (non-hydrogen) atoms. The molecule has 1 rings (SSSR count). The van der Waals surface area contributed by atoms with Crippen molar-refractivity contribution in [3.8, 4) is 0 Å². The summed E-state index contributed by atoms with van der Waals surface area (Å²) in [7, 11) is 0. The predicted octanol–water partition coefficient (Wildman–Crippen LogP) is 1.66. The van der Waals surface area contributed by atoms with Gasteiger partial charge < -0.3 is 14.8 Å². The smallest absolute Gasteiger partial charge is 0.0827 e. The van der Waals surface area contributed by atoms with Gasteiger partial charge >= 0.3 is 0 Å². The quantitative estimate of drug-likeness (QED) is 0.489. The Morgan fingerprint density at radius 2 is 2.26 bits per heavy atom. The van der Waals surface area contributed by atoms with Gasteiger partial charge in [-0.2, -0.15) is 0 Å². The zero-order chi connectivity index (χ0) is 13.9. The summed E-state index contributed by atoms with van der Waals surface area (Å²) in [6, 6.07) is 0. The number of ether oxygens (including phenoxy) is 2. The van der Waals surface area contributed by atoms with E-state index in [0.29, 0.717) is 6.10 Å². The third-order valence-electron chi connectivity index (χ3n) is 3.23. The second-order valence-corrected chi connectivity index (χ2v) is 6.34. The Bertz CT molecular complexity index is 218. The van der Waals surface area contributed by atoms with E-state index in [9.17, 15) is 0 Å². The van der Waals surface area contributed by atoms with E-state index in [-0.39, 0.29) is 0 Å². The van der Waals surface area contributed by atoms with Gasteiger partial charge in [-0.25, -0.2) is 0 Å². The monoisotopic (exact) mass is 290 g/mol. The predicted molar refractivity (Wildman–Crippen MR) is 82.8 cm³/mol. The normalized spacial score (nSPS) is 21.2. The summed E-state index contributed by atoms with van der Waals surface area (Å²) in [5, 5.41) is 3.39. The zero-order valence-electron chi connectivity index (χ0n) is 12.7. The van der Waals surface area contributed by atoms with Gasteiger partial charge in [0.15, 0.2) is 0 Å². The molecule has 0 spiro atoms. The van der Waals surface area contributed by atoms with Crippen molar-refractivity contribution in [3.05, 3.63) is 0 Å². The molecule has 1 saturated heterocycles. The summed E-state index contributed by atoms with van der Waals surface area (Å²) in [6.07, 6.45) is 3.59. The van der Waals surface area contributed by atoms with E-state index in [1.807, 2.05) is 11.8 Å². The Hall–Kier alpha value is 0.190. The Balaban J connectivity index is 2.03. The van der Waals surface area contributed by atoms with E-state index in [4.69, 9.17) is 9.47 Å². The van der Waals surface area contributed by atoms with Crippen LogP contribution in [0, 0.1) is 5.92 Å². The molecule has 1 unspecified atom stereocenters. The molecular formula is C14H30N2O2S. The highest BCUT2D eigenvalue weighted by Crippen LogP contribution is 2.05. The Labute approximate surface area is 122 Å². The van der Waals surface area contributed by atoms with Crippen molar-refractivity contribution < 1.29 is 9.47 Å². The standard InChI is InChI=1S/C14H30N2O2S/c1-13(2)4-7-17-8-5-16-6-9-18-14(11-16)10-15-12-19-3/h13-15H,4-12H2,1-3H3. The highest BCUT2D eigenvalue weighted by Gasteiger charge is 2.19. The summed E-state index contributed by atoms with van der Waals surface area (Å²) in [4.78, 5) is 2.45. The lowest BCUT2D eigenvalue weighted by molar-refractivity contribution is -0.0346. The Morgan fingerprint density at radius 1 is 1.42 bits per heavy atom. The van der Waals surface area contributed by atoms with E-state index in [1.165, 1.54) is 0 Å². The van der Waals surface area contributed by atoms with Crippen molar-refractivity contribution in [2.45, 2.75) is 26.4 Å². The van der Waals surface area contributed by atoms with Crippen molar-refractivity contribution in [3.63, 3.8) is 0 Å². The van der Waals surface area contributed by atoms with E-state index >= 15 is 0 Å². The van der Waals surface area contributed by atoms with Gasteiger partial charge in [-0.3, -0.25) is 4.90 Å². The summed E-state index contributed by atoms with van der Waals surface area (Å²) in [5.41, 5.74) is 0. The van der Waals surface area contributed by atoms with Crippen LogP contribution in [0.4, 0.5) is 0 Å². The lowest BCUT2D eigenvalue weighted by atomic mass is 10.1. The Morgan fingerprint density at radius 3 is 3.00 bits per heavy atom. The van der Waals surface area contributed by atoms with Crippen molar-refractivity contribution in [2.24, 2.45) is 5.92 Å². The van der Waals surface area contributed by atoms with Gasteiger partial charge in [0.1, 0.15) is 0 Å². The van der Waals surface area contributed by atoms with Crippen LogP contribution in [0.1, 0.15) is 20.3 Å². The van der Waals surface area contributed by atoms with Gasteiger partial charge in [-0.1, -0.05) is 13.8 Å². The maximum Gasteiger partial charge on any atom is 0.0827 e. The summed E-state index contributed by atoms with van der Waals surface area (Å²) in [5.74, 6) is 1.73. The highest BCUT2D eigenvalue weighted by molar-refractivity contribution is 7.98. The minimum Gasteiger partial charge on any atom is -0.380 e. The van der Waals surface area contributed by atoms with Crippen LogP contribution in [0.15, 0.2) is 0 Å². The second kappa shape index (κ2) is 10.9. The Kier molecular flexibility index (Phi) is 9.91. The van der Waals surface area contributed by atoms with Gasteiger partial charge in [0.25, 0.3) is 0 Å². The average Bonchev–Trinajstić information content (AvgIpc) is 2.39. The molecule has 1 atom stereocenters. The van der Waals surface area contributed by atoms with Crippen molar-refractivity contribution in [2.75, 3.05) is 58.1 Å². The molecule has 114 valence electrons. The summed E-state index contributed by atoms with van der Waals surface area (Å²) >= 11 is 1.81. The molecule has 1 aliphatic rings. The maximum atomic E-state index is 5.76. The van der Waals surface area contributed by atoms with Crippen LogP contribution in [-0.2, 0) is 9.47 Å². The average molecular weight is 290 g/mol. The number of rotatable bonds is 10. The molecule has 5 heteroatoms. The topological polar surface area (TPSA) is 33.7 Å². The van der Waals surface area contributed by atoms with Crippen molar-refractivity contribution >= 4 is 11.8 Å². The lowest BCUT2D eigenvalue weighted by Gasteiger charge is -2.32. The van der Waals surface area contributed by atoms with Crippen LogP contribution >= 0.6 is 11.8 Å². The number of nitrogens with one attached hydrogen (secondary N) is 1. The number of thioether (sulfide) groups is 1. The van der Waals surface area contributed by atoms with Gasteiger partial charge in [-0.05, 0) is 18.6 Å². The number of nitrogens with zero attached hydrogens (tertiary/aromatic N) is 1. The molecule has 1 heterocycles. The first-order chi connectivity index (χ1) is 9.22. The third kappa shape index (κ3) is 8.87. The molecule has 4 nitrogen and oxygen atoms in total. The van der Waals surface area contributed by atoms with Crippen LogP contribution in [0.5, 0.6) is 0 Å².